The Labute approximate surface area is 185 Å². The number of carbonyl (C=O) groups is 1. The van der Waals surface area contributed by atoms with Crippen molar-refractivity contribution in [2.75, 3.05) is 10.8 Å². The Hall–Kier alpha value is -3.38. The van der Waals surface area contributed by atoms with Crippen LogP contribution >= 0.6 is 11.8 Å². The van der Waals surface area contributed by atoms with Crippen LogP contribution in [0.15, 0.2) is 94.6 Å². The Morgan fingerprint density at radius 2 is 1.58 bits per heavy atom. The average molecular weight is 430 g/mol. The number of benzene rings is 3. The molecule has 0 aliphatic rings. The van der Waals surface area contributed by atoms with Crippen LogP contribution in [0.1, 0.15) is 12.7 Å². The Morgan fingerprint density at radius 3 is 2.29 bits per heavy atom. The number of para-hydroxylation sites is 2. The highest BCUT2D eigenvalue weighted by Gasteiger charge is 2.26. The van der Waals surface area contributed by atoms with Crippen molar-refractivity contribution in [2.45, 2.75) is 18.7 Å². The van der Waals surface area contributed by atoms with E-state index in [-0.39, 0.29) is 17.4 Å². The lowest BCUT2D eigenvalue weighted by Crippen LogP contribution is -2.47. The van der Waals surface area contributed by atoms with E-state index in [2.05, 4.69) is 4.98 Å². The van der Waals surface area contributed by atoms with Crippen molar-refractivity contribution in [3.63, 3.8) is 0 Å². The zero-order valence-corrected chi connectivity index (χ0v) is 18.3. The van der Waals surface area contributed by atoms with E-state index < -0.39 is 0 Å². The summed E-state index contributed by atoms with van der Waals surface area (Å²) >= 11 is 1.63. The summed E-state index contributed by atoms with van der Waals surface area (Å²) in [5.41, 5.74) is 0.990. The molecule has 0 radical (unpaired) electrons. The van der Waals surface area contributed by atoms with Gasteiger partial charge in [0.25, 0.3) is 5.56 Å². The van der Waals surface area contributed by atoms with Gasteiger partial charge in [0.15, 0.2) is 0 Å². The minimum absolute atomic E-state index is 0.156. The molecule has 156 valence electrons. The molecule has 0 aliphatic carbocycles. The lowest BCUT2D eigenvalue weighted by molar-refractivity contribution is -0.122. The molecular formula is C25H23N3O2S. The Morgan fingerprint density at radius 1 is 0.968 bits per heavy atom. The van der Waals surface area contributed by atoms with E-state index in [9.17, 15) is 9.59 Å². The molecule has 1 heterocycles. The molecular weight excluding hydrogens is 406 g/mol. The van der Waals surface area contributed by atoms with Crippen molar-refractivity contribution in [1.82, 2.24) is 9.66 Å². The quantitative estimate of drug-likeness (QED) is 0.408. The van der Waals surface area contributed by atoms with Crippen LogP contribution in [-0.2, 0) is 4.79 Å². The van der Waals surface area contributed by atoms with E-state index in [0.717, 1.165) is 4.90 Å². The van der Waals surface area contributed by atoms with Gasteiger partial charge in [-0.15, -0.1) is 11.8 Å². The smallest absolute Gasteiger partial charge is 0.272 e. The first kappa shape index (κ1) is 20.9. The standard InChI is InChI=1S/C25H23N3O2S/c1-18(17-31-21-13-7-4-8-14-21)24(29)28(20-11-5-3-6-12-20)27-19(2)26-23-16-10-9-15-22(23)25(27)30/h3-16,18H,17H2,1-2H3/t18-/m1/s1. The Balaban J connectivity index is 1.75. The number of carbonyl (C=O) groups excluding carboxylic acids is 1. The summed E-state index contributed by atoms with van der Waals surface area (Å²) in [7, 11) is 0. The van der Waals surface area contributed by atoms with Gasteiger partial charge < -0.3 is 0 Å². The molecule has 4 aromatic rings. The van der Waals surface area contributed by atoms with Gasteiger partial charge in [0, 0.05) is 16.6 Å². The van der Waals surface area contributed by atoms with E-state index >= 15 is 0 Å². The van der Waals surface area contributed by atoms with Gasteiger partial charge in [0.2, 0.25) is 5.91 Å². The summed E-state index contributed by atoms with van der Waals surface area (Å²) in [5.74, 6) is 0.588. The molecule has 1 atom stereocenters. The van der Waals surface area contributed by atoms with Gasteiger partial charge in [-0.25, -0.2) is 9.99 Å². The summed E-state index contributed by atoms with van der Waals surface area (Å²) < 4.78 is 1.39. The van der Waals surface area contributed by atoms with Crippen LogP contribution < -0.4 is 10.6 Å². The molecule has 0 saturated heterocycles. The molecule has 0 fully saturated rings. The molecule has 0 saturated carbocycles. The lowest BCUT2D eigenvalue weighted by atomic mass is 10.2. The van der Waals surface area contributed by atoms with Crippen molar-refractivity contribution >= 4 is 34.3 Å². The lowest BCUT2D eigenvalue weighted by Gasteiger charge is -2.28. The summed E-state index contributed by atoms with van der Waals surface area (Å²) in [6, 6.07) is 26.4. The van der Waals surface area contributed by atoms with Gasteiger partial charge >= 0.3 is 0 Å². The van der Waals surface area contributed by atoms with E-state index in [1.165, 1.54) is 9.69 Å². The second-order valence-corrected chi connectivity index (χ2v) is 8.40. The highest BCUT2D eigenvalue weighted by molar-refractivity contribution is 7.99. The monoisotopic (exact) mass is 429 g/mol. The van der Waals surface area contributed by atoms with Crippen LogP contribution in [0, 0.1) is 12.8 Å². The third-order valence-electron chi connectivity index (χ3n) is 4.99. The number of hydrogen-bond acceptors (Lipinski definition) is 4. The highest BCUT2D eigenvalue weighted by atomic mass is 32.2. The fraction of sp³-hybridized carbons (Fsp3) is 0.160. The number of aromatic nitrogens is 2. The molecule has 1 aromatic heterocycles. The molecule has 0 bridgehead atoms. The molecule has 0 spiro atoms. The van der Waals surface area contributed by atoms with Crippen molar-refractivity contribution < 1.29 is 4.79 Å². The number of thioether (sulfide) groups is 1. The minimum atomic E-state index is -0.316. The number of rotatable bonds is 6. The summed E-state index contributed by atoms with van der Waals surface area (Å²) in [6.45, 7) is 3.64. The third kappa shape index (κ3) is 4.39. The number of anilines is 1. The number of fused-ring (bicyclic) bond motifs is 1. The van der Waals surface area contributed by atoms with Crippen molar-refractivity contribution in [1.29, 1.82) is 0 Å². The van der Waals surface area contributed by atoms with E-state index in [1.54, 1.807) is 30.8 Å². The molecule has 4 rings (SSSR count). The van der Waals surface area contributed by atoms with Crippen LogP contribution in [-0.4, -0.2) is 21.3 Å². The van der Waals surface area contributed by atoms with Crippen LogP contribution in [0.25, 0.3) is 10.9 Å². The van der Waals surface area contributed by atoms with Crippen LogP contribution in [0.3, 0.4) is 0 Å². The zero-order chi connectivity index (χ0) is 21.8. The van der Waals surface area contributed by atoms with E-state index in [1.807, 2.05) is 79.7 Å². The second-order valence-electron chi connectivity index (χ2n) is 7.30. The second kappa shape index (κ2) is 9.18. The Kier molecular flexibility index (Phi) is 6.18. The maximum absolute atomic E-state index is 13.6. The maximum Gasteiger partial charge on any atom is 0.280 e. The number of hydrogen-bond donors (Lipinski definition) is 0. The predicted octanol–water partition coefficient (Wildman–Crippen LogP) is 4.93. The summed E-state index contributed by atoms with van der Waals surface area (Å²) in [5, 5.41) is 1.95. The molecule has 3 aromatic carbocycles. The average Bonchev–Trinajstić information content (AvgIpc) is 2.81. The zero-order valence-electron chi connectivity index (χ0n) is 17.4. The van der Waals surface area contributed by atoms with Gasteiger partial charge in [-0.1, -0.05) is 55.5 Å². The molecule has 0 N–H and O–H groups in total. The molecule has 0 aliphatic heterocycles. The SMILES string of the molecule is Cc1nc2ccccc2c(=O)n1N(C(=O)[C@H](C)CSc1ccccc1)c1ccccc1. The van der Waals surface area contributed by atoms with Crippen LogP contribution in [0.5, 0.6) is 0 Å². The molecule has 0 unspecified atom stereocenters. The molecule has 31 heavy (non-hydrogen) atoms. The topological polar surface area (TPSA) is 55.2 Å². The van der Waals surface area contributed by atoms with Crippen LogP contribution in [0.4, 0.5) is 5.69 Å². The normalized spacial score (nSPS) is 11.9. The number of amides is 1. The first-order valence-electron chi connectivity index (χ1n) is 10.1. The first-order valence-corrected chi connectivity index (χ1v) is 11.1. The van der Waals surface area contributed by atoms with E-state index in [0.29, 0.717) is 28.2 Å². The minimum Gasteiger partial charge on any atom is -0.272 e. The van der Waals surface area contributed by atoms with Gasteiger partial charge in [-0.05, 0) is 43.3 Å². The van der Waals surface area contributed by atoms with Crippen molar-refractivity contribution in [3.8, 4) is 0 Å². The highest BCUT2D eigenvalue weighted by Crippen LogP contribution is 2.24. The number of nitrogens with zero attached hydrogens (tertiary/aromatic N) is 3. The van der Waals surface area contributed by atoms with E-state index in [4.69, 9.17) is 0 Å². The molecule has 1 amide bonds. The van der Waals surface area contributed by atoms with Gasteiger partial charge in [-0.2, -0.15) is 4.68 Å². The van der Waals surface area contributed by atoms with Crippen molar-refractivity contribution in [3.05, 3.63) is 101 Å². The largest absolute Gasteiger partial charge is 0.280 e. The maximum atomic E-state index is 13.6. The molecule has 5 nitrogen and oxygen atoms in total. The summed E-state index contributed by atoms with van der Waals surface area (Å²) in [6.07, 6.45) is 0. The Bertz CT molecular complexity index is 1260. The van der Waals surface area contributed by atoms with Gasteiger partial charge in [0.05, 0.1) is 16.6 Å². The fourth-order valence-electron chi connectivity index (χ4n) is 3.40. The number of aryl methyl sites for hydroxylation is 1. The summed E-state index contributed by atoms with van der Waals surface area (Å²) in [4.78, 5) is 32.7. The van der Waals surface area contributed by atoms with Gasteiger partial charge in [-0.3, -0.25) is 9.59 Å². The van der Waals surface area contributed by atoms with Crippen LogP contribution in [0.2, 0.25) is 0 Å². The van der Waals surface area contributed by atoms with Gasteiger partial charge in [0.1, 0.15) is 5.82 Å². The molecule has 6 heteroatoms. The first-order chi connectivity index (χ1) is 15.1. The predicted molar refractivity (Wildman–Crippen MR) is 126 cm³/mol. The third-order valence-corrected chi connectivity index (χ3v) is 6.26. The van der Waals surface area contributed by atoms with Crippen molar-refractivity contribution in [2.24, 2.45) is 5.92 Å². The fourth-order valence-corrected chi connectivity index (χ4v) is 4.33.